The number of aliphatic hydroxyl groups excluding tert-OH is 3. The van der Waals surface area contributed by atoms with Crippen molar-refractivity contribution in [2.75, 3.05) is 6.61 Å². The van der Waals surface area contributed by atoms with E-state index in [1.807, 2.05) is 6.08 Å². The molecule has 0 aromatic heterocycles. The lowest BCUT2D eigenvalue weighted by Gasteiger charge is -2.21. The van der Waals surface area contributed by atoms with Gasteiger partial charge in [0.25, 0.3) is 0 Å². The molecule has 3 atom stereocenters. The molecule has 0 aromatic carbocycles. The highest BCUT2D eigenvalue weighted by Gasteiger charge is 2.20. The third-order valence-electron chi connectivity index (χ3n) is 10.4. The molecule has 0 heterocycles. The molecule has 53 heavy (non-hydrogen) atoms. The van der Waals surface area contributed by atoms with Gasteiger partial charge in [-0.15, -0.1) is 0 Å². The molecule has 0 spiro atoms. The zero-order valence-electron chi connectivity index (χ0n) is 35.1. The topological polar surface area (TPSA) is 89.8 Å². The van der Waals surface area contributed by atoms with Crippen molar-refractivity contribution in [1.82, 2.24) is 5.32 Å². The molecule has 0 bridgehead atoms. The molecule has 0 aliphatic carbocycles. The Balaban J connectivity index is 3.71. The molecular weight excluding hydrogens is 655 g/mol. The highest BCUT2D eigenvalue weighted by Crippen LogP contribution is 2.15. The molecule has 0 fully saturated rings. The first kappa shape index (κ1) is 51.3. The Kier molecular flexibility index (Phi) is 41.7. The Morgan fingerprint density at radius 3 is 1.36 bits per heavy atom. The van der Waals surface area contributed by atoms with Crippen LogP contribution in [-0.2, 0) is 4.79 Å². The summed E-state index contributed by atoms with van der Waals surface area (Å²) in [6.45, 7) is 4.18. The Hall–Kier alpha value is -1.69. The fourth-order valence-electron chi connectivity index (χ4n) is 6.82. The lowest BCUT2D eigenvalue weighted by molar-refractivity contribution is -0.124. The van der Waals surface area contributed by atoms with Crippen LogP contribution in [-0.4, -0.2) is 46.1 Å². The van der Waals surface area contributed by atoms with E-state index in [1.165, 1.54) is 161 Å². The van der Waals surface area contributed by atoms with Crippen molar-refractivity contribution in [3.63, 3.8) is 0 Å². The minimum Gasteiger partial charge on any atom is -0.394 e. The second-order valence-electron chi connectivity index (χ2n) is 15.7. The maximum absolute atomic E-state index is 12.4. The number of amides is 1. The number of aliphatic hydroxyl groups is 3. The van der Waals surface area contributed by atoms with E-state index in [-0.39, 0.29) is 18.9 Å². The maximum Gasteiger partial charge on any atom is 0.222 e. The largest absolute Gasteiger partial charge is 0.394 e. The van der Waals surface area contributed by atoms with Crippen LogP contribution in [0.15, 0.2) is 48.6 Å². The van der Waals surface area contributed by atoms with Crippen molar-refractivity contribution in [3.05, 3.63) is 48.6 Å². The standard InChI is InChI=1S/C48H89NO4/c1-3-5-7-9-11-13-15-17-19-21-22-23-24-26-28-30-32-34-36-38-40-42-47(52)46(44-50)49-48(53)43-45(51)41-39-37-35-33-31-29-27-25-20-18-16-14-12-10-8-6-4-2/h12,14,16,18,32,34,40,42,45-47,50-52H,3-11,13,15,17,19-31,33,35-39,41,43-44H2,1-2H3,(H,49,53)/b14-12-,18-16-,34-32+,42-40+. The predicted octanol–water partition coefficient (Wildman–Crippen LogP) is 13.3. The van der Waals surface area contributed by atoms with Gasteiger partial charge in [-0.25, -0.2) is 0 Å². The molecule has 0 radical (unpaired) electrons. The van der Waals surface area contributed by atoms with E-state index >= 15 is 0 Å². The first-order valence-electron chi connectivity index (χ1n) is 22.9. The van der Waals surface area contributed by atoms with Crippen LogP contribution < -0.4 is 5.32 Å². The summed E-state index contributed by atoms with van der Waals surface area (Å²) in [5, 5.41) is 33.2. The van der Waals surface area contributed by atoms with E-state index in [0.717, 1.165) is 38.5 Å². The minimum atomic E-state index is -0.955. The van der Waals surface area contributed by atoms with Gasteiger partial charge < -0.3 is 20.6 Å². The third kappa shape index (κ3) is 39.8. The Bertz CT molecular complexity index is 866. The summed E-state index contributed by atoms with van der Waals surface area (Å²) in [7, 11) is 0. The third-order valence-corrected chi connectivity index (χ3v) is 10.4. The zero-order chi connectivity index (χ0) is 38.7. The fraction of sp³-hybridized carbons (Fsp3) is 0.812. The second-order valence-corrected chi connectivity index (χ2v) is 15.7. The van der Waals surface area contributed by atoms with Crippen molar-refractivity contribution < 1.29 is 20.1 Å². The fourth-order valence-corrected chi connectivity index (χ4v) is 6.82. The summed E-state index contributed by atoms with van der Waals surface area (Å²) in [5.41, 5.74) is 0. The van der Waals surface area contributed by atoms with Crippen molar-refractivity contribution >= 4 is 5.91 Å². The quantitative estimate of drug-likeness (QED) is 0.0285. The molecule has 5 heteroatoms. The number of nitrogens with one attached hydrogen (secondary N) is 1. The normalized spacial score (nSPS) is 14.0. The van der Waals surface area contributed by atoms with Gasteiger partial charge >= 0.3 is 0 Å². The molecule has 0 saturated heterocycles. The number of hydrogen-bond acceptors (Lipinski definition) is 4. The molecule has 4 N–H and O–H groups in total. The summed E-state index contributed by atoms with van der Waals surface area (Å²) in [6, 6.07) is -0.764. The molecule has 0 saturated carbocycles. The molecule has 0 aliphatic heterocycles. The van der Waals surface area contributed by atoms with E-state index in [0.29, 0.717) is 6.42 Å². The van der Waals surface area contributed by atoms with Gasteiger partial charge in [0.2, 0.25) is 5.91 Å². The van der Waals surface area contributed by atoms with Crippen LogP contribution in [0.1, 0.15) is 226 Å². The van der Waals surface area contributed by atoms with Crippen molar-refractivity contribution in [2.24, 2.45) is 0 Å². The highest BCUT2D eigenvalue weighted by atomic mass is 16.3. The van der Waals surface area contributed by atoms with Crippen LogP contribution >= 0.6 is 0 Å². The van der Waals surface area contributed by atoms with Crippen molar-refractivity contribution in [1.29, 1.82) is 0 Å². The molecule has 0 aromatic rings. The van der Waals surface area contributed by atoms with E-state index in [9.17, 15) is 20.1 Å². The predicted molar refractivity (Wildman–Crippen MR) is 231 cm³/mol. The summed E-state index contributed by atoms with van der Waals surface area (Å²) in [6.07, 6.45) is 55.4. The number of rotatable bonds is 41. The first-order chi connectivity index (χ1) is 26.0. The first-order valence-corrected chi connectivity index (χ1v) is 22.9. The van der Waals surface area contributed by atoms with Gasteiger partial charge in [0.1, 0.15) is 0 Å². The van der Waals surface area contributed by atoms with Gasteiger partial charge in [-0.05, 0) is 57.8 Å². The summed E-state index contributed by atoms with van der Waals surface area (Å²) in [4.78, 5) is 12.4. The van der Waals surface area contributed by atoms with Crippen LogP contribution in [0.4, 0.5) is 0 Å². The Morgan fingerprint density at radius 2 is 0.868 bits per heavy atom. The summed E-state index contributed by atoms with van der Waals surface area (Å²) in [5.74, 6) is -0.330. The second kappa shape index (κ2) is 43.0. The van der Waals surface area contributed by atoms with Crippen LogP contribution in [0.3, 0.4) is 0 Å². The summed E-state index contributed by atoms with van der Waals surface area (Å²) < 4.78 is 0. The van der Waals surface area contributed by atoms with E-state index < -0.39 is 18.2 Å². The van der Waals surface area contributed by atoms with Gasteiger partial charge in [0.15, 0.2) is 0 Å². The van der Waals surface area contributed by atoms with Crippen LogP contribution in [0.25, 0.3) is 0 Å². The smallest absolute Gasteiger partial charge is 0.222 e. The van der Waals surface area contributed by atoms with E-state index in [2.05, 4.69) is 55.6 Å². The SMILES string of the molecule is CCCCC/C=C\C=C/CCCCCCCCCCC(O)CC(=O)NC(CO)C(O)/C=C/CC/C=C/CCCCCCCCCCCCCCCCC. The van der Waals surface area contributed by atoms with Crippen LogP contribution in [0, 0.1) is 0 Å². The lowest BCUT2D eigenvalue weighted by Crippen LogP contribution is -2.45. The Morgan fingerprint density at radius 1 is 0.491 bits per heavy atom. The van der Waals surface area contributed by atoms with Gasteiger partial charge in [-0.3, -0.25) is 4.79 Å². The van der Waals surface area contributed by atoms with Crippen molar-refractivity contribution in [2.45, 2.75) is 244 Å². The van der Waals surface area contributed by atoms with Gasteiger partial charge in [0, 0.05) is 0 Å². The molecule has 0 aliphatic rings. The zero-order valence-corrected chi connectivity index (χ0v) is 35.1. The number of allylic oxidation sites excluding steroid dienone is 7. The number of carbonyl (C=O) groups is 1. The molecular formula is C48H89NO4. The molecule has 1 amide bonds. The average molecular weight is 744 g/mol. The summed E-state index contributed by atoms with van der Waals surface area (Å²) >= 11 is 0. The monoisotopic (exact) mass is 744 g/mol. The van der Waals surface area contributed by atoms with E-state index in [1.54, 1.807) is 6.08 Å². The minimum absolute atomic E-state index is 0.000179. The van der Waals surface area contributed by atoms with E-state index in [4.69, 9.17) is 0 Å². The molecule has 3 unspecified atom stereocenters. The molecule has 5 nitrogen and oxygen atoms in total. The average Bonchev–Trinajstić information content (AvgIpc) is 3.15. The molecule has 310 valence electrons. The van der Waals surface area contributed by atoms with Gasteiger partial charge in [-0.1, -0.05) is 210 Å². The van der Waals surface area contributed by atoms with Gasteiger partial charge in [-0.2, -0.15) is 0 Å². The maximum atomic E-state index is 12.4. The lowest BCUT2D eigenvalue weighted by atomic mass is 10.0. The highest BCUT2D eigenvalue weighted by molar-refractivity contribution is 5.76. The van der Waals surface area contributed by atoms with Crippen LogP contribution in [0.2, 0.25) is 0 Å². The number of unbranched alkanes of at least 4 members (excludes halogenated alkanes) is 27. The van der Waals surface area contributed by atoms with Crippen molar-refractivity contribution in [3.8, 4) is 0 Å². The molecule has 0 rings (SSSR count). The Labute approximate surface area is 329 Å². The van der Waals surface area contributed by atoms with Gasteiger partial charge in [0.05, 0.1) is 31.3 Å². The number of carbonyl (C=O) groups excluding carboxylic acids is 1. The van der Waals surface area contributed by atoms with Crippen LogP contribution in [0.5, 0.6) is 0 Å². The number of hydrogen-bond donors (Lipinski definition) is 4.